The van der Waals surface area contributed by atoms with Crippen LogP contribution in [0.4, 0.5) is 4.39 Å². The average molecular weight is 273 g/mol. The van der Waals surface area contributed by atoms with Crippen LogP contribution in [0.25, 0.3) is 0 Å². The van der Waals surface area contributed by atoms with Crippen molar-refractivity contribution in [3.63, 3.8) is 0 Å². The van der Waals surface area contributed by atoms with Gasteiger partial charge in [-0.05, 0) is 36.2 Å². The van der Waals surface area contributed by atoms with Crippen LogP contribution in [0.2, 0.25) is 0 Å². The standard InChI is InChI=1S/C16H16FNO2/c1-20-13-8-6-12(7-9-13)10-11-18-16(19)14-4-2-3-5-15(14)17/h2-9H,10-11H2,1H3,(H,18,19). The van der Waals surface area contributed by atoms with Crippen LogP contribution in [0.3, 0.4) is 0 Å². The highest BCUT2D eigenvalue weighted by Crippen LogP contribution is 2.11. The number of halogens is 1. The molecule has 0 saturated heterocycles. The van der Waals surface area contributed by atoms with Gasteiger partial charge in [-0.3, -0.25) is 4.79 Å². The van der Waals surface area contributed by atoms with Crippen molar-refractivity contribution in [3.8, 4) is 5.75 Å². The quantitative estimate of drug-likeness (QED) is 0.909. The molecule has 0 unspecified atom stereocenters. The van der Waals surface area contributed by atoms with Crippen LogP contribution >= 0.6 is 0 Å². The van der Waals surface area contributed by atoms with E-state index >= 15 is 0 Å². The van der Waals surface area contributed by atoms with E-state index in [1.807, 2.05) is 24.3 Å². The van der Waals surface area contributed by atoms with Crippen molar-refractivity contribution in [2.75, 3.05) is 13.7 Å². The minimum Gasteiger partial charge on any atom is -0.497 e. The Hall–Kier alpha value is -2.36. The Morgan fingerprint density at radius 3 is 2.50 bits per heavy atom. The summed E-state index contributed by atoms with van der Waals surface area (Å²) in [6.45, 7) is 0.458. The SMILES string of the molecule is COc1ccc(CCNC(=O)c2ccccc2F)cc1. The van der Waals surface area contributed by atoms with E-state index in [1.165, 1.54) is 12.1 Å². The number of amides is 1. The molecule has 0 radical (unpaired) electrons. The second-order valence-corrected chi connectivity index (χ2v) is 4.33. The Kier molecular flexibility index (Phi) is 4.71. The lowest BCUT2D eigenvalue weighted by atomic mass is 10.1. The summed E-state index contributed by atoms with van der Waals surface area (Å²) in [4.78, 5) is 11.8. The average Bonchev–Trinajstić information content (AvgIpc) is 2.48. The van der Waals surface area contributed by atoms with Crippen LogP contribution in [-0.4, -0.2) is 19.6 Å². The summed E-state index contributed by atoms with van der Waals surface area (Å²) in [5, 5.41) is 2.71. The molecule has 4 heteroatoms. The summed E-state index contributed by atoms with van der Waals surface area (Å²) < 4.78 is 18.5. The van der Waals surface area contributed by atoms with Gasteiger partial charge in [0.1, 0.15) is 11.6 Å². The molecule has 2 aromatic carbocycles. The van der Waals surface area contributed by atoms with Crippen LogP contribution in [-0.2, 0) is 6.42 Å². The molecule has 0 bridgehead atoms. The number of nitrogens with one attached hydrogen (secondary N) is 1. The molecule has 0 aliphatic heterocycles. The Morgan fingerprint density at radius 2 is 1.85 bits per heavy atom. The van der Waals surface area contributed by atoms with Gasteiger partial charge in [-0.2, -0.15) is 0 Å². The van der Waals surface area contributed by atoms with Gasteiger partial charge >= 0.3 is 0 Å². The molecule has 2 aromatic rings. The van der Waals surface area contributed by atoms with Gasteiger partial charge in [-0.1, -0.05) is 24.3 Å². The van der Waals surface area contributed by atoms with Crippen LogP contribution in [0, 0.1) is 5.82 Å². The van der Waals surface area contributed by atoms with Crippen molar-refractivity contribution in [3.05, 3.63) is 65.5 Å². The maximum atomic E-state index is 13.4. The van der Waals surface area contributed by atoms with Crippen molar-refractivity contribution >= 4 is 5.91 Å². The zero-order valence-electron chi connectivity index (χ0n) is 11.2. The van der Waals surface area contributed by atoms with Gasteiger partial charge in [-0.15, -0.1) is 0 Å². The van der Waals surface area contributed by atoms with Crippen molar-refractivity contribution in [2.45, 2.75) is 6.42 Å². The molecular formula is C16H16FNO2. The predicted molar refractivity (Wildman–Crippen MR) is 75.4 cm³/mol. The van der Waals surface area contributed by atoms with Gasteiger partial charge in [0.25, 0.3) is 5.91 Å². The molecule has 1 N–H and O–H groups in total. The third-order valence-corrected chi connectivity index (χ3v) is 2.98. The Labute approximate surface area is 117 Å². The number of hydrogen-bond donors (Lipinski definition) is 1. The van der Waals surface area contributed by atoms with Gasteiger partial charge in [-0.25, -0.2) is 4.39 Å². The molecule has 2 rings (SSSR count). The molecule has 0 aromatic heterocycles. The highest BCUT2D eigenvalue weighted by atomic mass is 19.1. The maximum Gasteiger partial charge on any atom is 0.254 e. The first-order valence-electron chi connectivity index (χ1n) is 6.36. The number of carbonyl (C=O) groups is 1. The molecule has 0 heterocycles. The second kappa shape index (κ2) is 6.70. The fraction of sp³-hybridized carbons (Fsp3) is 0.188. The predicted octanol–water partition coefficient (Wildman–Crippen LogP) is 2.81. The van der Waals surface area contributed by atoms with E-state index in [9.17, 15) is 9.18 Å². The van der Waals surface area contributed by atoms with E-state index < -0.39 is 11.7 Å². The zero-order valence-corrected chi connectivity index (χ0v) is 11.2. The van der Waals surface area contributed by atoms with E-state index in [0.717, 1.165) is 11.3 Å². The molecule has 0 spiro atoms. The molecule has 0 atom stereocenters. The van der Waals surface area contributed by atoms with E-state index in [4.69, 9.17) is 4.74 Å². The van der Waals surface area contributed by atoms with Crippen molar-refractivity contribution < 1.29 is 13.9 Å². The molecule has 1 amide bonds. The smallest absolute Gasteiger partial charge is 0.254 e. The van der Waals surface area contributed by atoms with Crippen LogP contribution in [0.1, 0.15) is 15.9 Å². The molecule has 0 aliphatic carbocycles. The molecule has 0 aliphatic rings. The largest absolute Gasteiger partial charge is 0.497 e. The van der Waals surface area contributed by atoms with Crippen LogP contribution in [0.15, 0.2) is 48.5 Å². The van der Waals surface area contributed by atoms with E-state index in [2.05, 4.69) is 5.32 Å². The normalized spacial score (nSPS) is 10.1. The molecule has 104 valence electrons. The molecule has 3 nitrogen and oxygen atoms in total. The summed E-state index contributed by atoms with van der Waals surface area (Å²) >= 11 is 0. The first kappa shape index (κ1) is 14.1. The molecule has 0 fully saturated rings. The van der Waals surface area contributed by atoms with Gasteiger partial charge in [0, 0.05) is 6.54 Å². The molecular weight excluding hydrogens is 257 g/mol. The third kappa shape index (κ3) is 3.57. The maximum absolute atomic E-state index is 13.4. The van der Waals surface area contributed by atoms with Gasteiger partial charge < -0.3 is 10.1 Å². The van der Waals surface area contributed by atoms with Crippen molar-refractivity contribution in [1.82, 2.24) is 5.32 Å². The lowest BCUT2D eigenvalue weighted by Gasteiger charge is -2.07. The Bertz CT molecular complexity index is 581. The van der Waals surface area contributed by atoms with E-state index in [-0.39, 0.29) is 5.56 Å². The first-order valence-corrected chi connectivity index (χ1v) is 6.36. The minimum absolute atomic E-state index is 0.0715. The minimum atomic E-state index is -0.505. The van der Waals surface area contributed by atoms with Gasteiger partial charge in [0.05, 0.1) is 12.7 Å². The second-order valence-electron chi connectivity index (χ2n) is 4.33. The summed E-state index contributed by atoms with van der Waals surface area (Å²) in [5.74, 6) is -0.102. The van der Waals surface area contributed by atoms with Crippen LogP contribution < -0.4 is 10.1 Å². The van der Waals surface area contributed by atoms with Gasteiger partial charge in [0.2, 0.25) is 0 Å². The number of methoxy groups -OCH3 is 1. The van der Waals surface area contributed by atoms with Gasteiger partial charge in [0.15, 0.2) is 0 Å². The molecule has 20 heavy (non-hydrogen) atoms. The Balaban J connectivity index is 1.86. The lowest BCUT2D eigenvalue weighted by Crippen LogP contribution is -2.26. The lowest BCUT2D eigenvalue weighted by molar-refractivity contribution is 0.0950. The molecule has 0 saturated carbocycles. The summed E-state index contributed by atoms with van der Waals surface area (Å²) in [6, 6.07) is 13.6. The van der Waals surface area contributed by atoms with Crippen molar-refractivity contribution in [2.24, 2.45) is 0 Å². The van der Waals surface area contributed by atoms with E-state index in [1.54, 1.807) is 19.2 Å². The fourth-order valence-electron chi connectivity index (χ4n) is 1.85. The number of carbonyl (C=O) groups excluding carboxylic acids is 1. The first-order chi connectivity index (χ1) is 9.70. The number of ether oxygens (including phenoxy) is 1. The number of rotatable bonds is 5. The number of benzene rings is 2. The highest BCUT2D eigenvalue weighted by molar-refractivity contribution is 5.94. The topological polar surface area (TPSA) is 38.3 Å². The fourth-order valence-corrected chi connectivity index (χ4v) is 1.85. The highest BCUT2D eigenvalue weighted by Gasteiger charge is 2.09. The Morgan fingerprint density at radius 1 is 1.15 bits per heavy atom. The third-order valence-electron chi connectivity index (χ3n) is 2.98. The van der Waals surface area contributed by atoms with E-state index in [0.29, 0.717) is 13.0 Å². The van der Waals surface area contributed by atoms with Crippen LogP contribution in [0.5, 0.6) is 5.75 Å². The summed E-state index contributed by atoms with van der Waals surface area (Å²) in [6.07, 6.45) is 0.685. The zero-order chi connectivity index (χ0) is 14.4. The summed E-state index contributed by atoms with van der Waals surface area (Å²) in [5.41, 5.74) is 1.15. The summed E-state index contributed by atoms with van der Waals surface area (Å²) in [7, 11) is 1.61. The monoisotopic (exact) mass is 273 g/mol. The number of hydrogen-bond acceptors (Lipinski definition) is 2. The van der Waals surface area contributed by atoms with Crippen molar-refractivity contribution in [1.29, 1.82) is 0 Å².